The van der Waals surface area contributed by atoms with Crippen molar-refractivity contribution in [3.05, 3.63) is 47.7 Å². The first-order valence-electron chi connectivity index (χ1n) is 12.5. The quantitative estimate of drug-likeness (QED) is 0.554. The number of unbranched alkanes of at least 4 members (excludes halogenated alkanes) is 1. The fourth-order valence-electron chi connectivity index (χ4n) is 3.99. The number of carbonyl (C=O) groups excluding carboxylic acids is 2. The zero-order valence-electron chi connectivity index (χ0n) is 22.2. The number of methoxy groups -OCH3 is 1. The molecule has 2 heterocycles. The maximum atomic E-state index is 13.5. The van der Waals surface area contributed by atoms with Gasteiger partial charge in [-0.15, -0.1) is 0 Å². The Morgan fingerprint density at radius 1 is 1.41 bits per heavy atom. The molecule has 0 aliphatic carbocycles. The standard InChI is InChI=1S/C28H36N4O5/c1-6-7-8-11-21-14-22-26(29-15-21)37-25(19(2)16-32(27(22)34)20(3)18-33)17-31(4)28(35)30-23-12-9-10-13-24(23)36-5/h9-10,12-15,19-20,25,33H,6-7,16-18H2,1-5H3,(H,30,35)/t19-,20-,25+/m0/s1. The van der Waals surface area contributed by atoms with Crippen molar-refractivity contribution < 1.29 is 24.2 Å². The van der Waals surface area contributed by atoms with E-state index in [0.29, 0.717) is 29.1 Å². The number of aromatic nitrogens is 1. The van der Waals surface area contributed by atoms with Crippen LogP contribution in [0.25, 0.3) is 0 Å². The predicted molar refractivity (Wildman–Crippen MR) is 142 cm³/mol. The molecule has 1 aliphatic heterocycles. The average Bonchev–Trinajstić information content (AvgIpc) is 2.90. The van der Waals surface area contributed by atoms with E-state index < -0.39 is 12.1 Å². The molecule has 0 bridgehead atoms. The van der Waals surface area contributed by atoms with E-state index in [0.717, 1.165) is 12.8 Å². The minimum absolute atomic E-state index is 0.154. The number of urea groups is 1. The van der Waals surface area contributed by atoms with Crippen molar-refractivity contribution >= 4 is 17.6 Å². The third-order valence-electron chi connectivity index (χ3n) is 6.28. The molecule has 1 aromatic carbocycles. The number of para-hydroxylation sites is 2. The number of nitrogens with one attached hydrogen (secondary N) is 1. The zero-order chi connectivity index (χ0) is 26.9. The molecule has 3 atom stereocenters. The number of pyridine rings is 1. The third-order valence-corrected chi connectivity index (χ3v) is 6.28. The number of benzene rings is 1. The molecule has 3 amide bonds. The molecular weight excluding hydrogens is 472 g/mol. The van der Waals surface area contributed by atoms with Crippen LogP contribution in [0.4, 0.5) is 10.5 Å². The number of anilines is 1. The first kappa shape index (κ1) is 27.8. The van der Waals surface area contributed by atoms with Crippen molar-refractivity contribution in [1.82, 2.24) is 14.8 Å². The van der Waals surface area contributed by atoms with E-state index in [1.54, 1.807) is 50.4 Å². The van der Waals surface area contributed by atoms with Crippen LogP contribution in [0.2, 0.25) is 0 Å². The maximum absolute atomic E-state index is 13.5. The Bertz CT molecular complexity index is 1160. The summed E-state index contributed by atoms with van der Waals surface area (Å²) in [7, 11) is 3.23. The Balaban J connectivity index is 1.87. The minimum Gasteiger partial charge on any atom is -0.495 e. The van der Waals surface area contributed by atoms with E-state index in [1.165, 1.54) is 4.90 Å². The van der Waals surface area contributed by atoms with Crippen LogP contribution in [0.5, 0.6) is 11.6 Å². The number of likely N-dealkylation sites (N-methyl/N-ethyl adjacent to an activating group) is 1. The molecule has 0 saturated heterocycles. The van der Waals surface area contributed by atoms with Crippen molar-refractivity contribution in [1.29, 1.82) is 0 Å². The van der Waals surface area contributed by atoms with Crippen LogP contribution in [0.15, 0.2) is 36.5 Å². The zero-order valence-corrected chi connectivity index (χ0v) is 22.2. The number of aliphatic hydroxyl groups is 1. The van der Waals surface area contributed by atoms with E-state index in [9.17, 15) is 14.7 Å². The molecule has 1 aliphatic rings. The molecule has 0 unspecified atom stereocenters. The van der Waals surface area contributed by atoms with Crippen molar-refractivity contribution in [3.63, 3.8) is 0 Å². The number of nitrogens with zero attached hydrogens (tertiary/aromatic N) is 3. The summed E-state index contributed by atoms with van der Waals surface area (Å²) in [6, 6.07) is 8.14. The fourth-order valence-corrected chi connectivity index (χ4v) is 3.99. The summed E-state index contributed by atoms with van der Waals surface area (Å²) in [6.07, 6.45) is 2.82. The smallest absolute Gasteiger partial charge is 0.321 e. The van der Waals surface area contributed by atoms with Crippen LogP contribution < -0.4 is 14.8 Å². The van der Waals surface area contributed by atoms with Crippen LogP contribution in [-0.4, -0.2) is 77.8 Å². The van der Waals surface area contributed by atoms with Crippen LogP contribution in [0.3, 0.4) is 0 Å². The molecule has 3 rings (SSSR count). The van der Waals surface area contributed by atoms with Crippen LogP contribution in [-0.2, 0) is 0 Å². The maximum Gasteiger partial charge on any atom is 0.321 e. The largest absolute Gasteiger partial charge is 0.495 e. The molecule has 2 aromatic rings. The highest BCUT2D eigenvalue weighted by atomic mass is 16.5. The number of fused-ring (bicyclic) bond motifs is 1. The predicted octanol–water partition coefficient (Wildman–Crippen LogP) is 3.63. The highest BCUT2D eigenvalue weighted by molar-refractivity contribution is 5.97. The number of ether oxygens (including phenoxy) is 2. The summed E-state index contributed by atoms with van der Waals surface area (Å²) in [5.74, 6) is 6.45. The number of carbonyl (C=O) groups is 2. The Morgan fingerprint density at radius 3 is 2.86 bits per heavy atom. The molecule has 9 heteroatoms. The number of rotatable bonds is 7. The first-order valence-corrected chi connectivity index (χ1v) is 12.5. The van der Waals surface area contributed by atoms with Crippen LogP contribution >= 0.6 is 0 Å². The van der Waals surface area contributed by atoms with Gasteiger partial charge in [0.15, 0.2) is 0 Å². The van der Waals surface area contributed by atoms with Gasteiger partial charge in [-0.2, -0.15) is 0 Å². The number of aliphatic hydroxyl groups excluding tert-OH is 1. The number of hydrogen-bond acceptors (Lipinski definition) is 6. The second-order valence-corrected chi connectivity index (χ2v) is 9.26. The van der Waals surface area contributed by atoms with E-state index in [4.69, 9.17) is 9.47 Å². The lowest BCUT2D eigenvalue weighted by Crippen LogP contribution is -2.50. The lowest BCUT2D eigenvalue weighted by atomic mass is 10.00. The van der Waals surface area contributed by atoms with Gasteiger partial charge in [0.25, 0.3) is 5.91 Å². The van der Waals surface area contributed by atoms with Gasteiger partial charge in [0.05, 0.1) is 32.0 Å². The van der Waals surface area contributed by atoms with Gasteiger partial charge in [-0.1, -0.05) is 37.8 Å². The summed E-state index contributed by atoms with van der Waals surface area (Å²) in [5, 5.41) is 12.7. The van der Waals surface area contributed by atoms with Gasteiger partial charge in [-0.25, -0.2) is 9.78 Å². The van der Waals surface area contributed by atoms with Crippen LogP contribution in [0, 0.1) is 17.8 Å². The summed E-state index contributed by atoms with van der Waals surface area (Å²) in [6.45, 7) is 6.22. The molecule has 37 heavy (non-hydrogen) atoms. The lowest BCUT2D eigenvalue weighted by Gasteiger charge is -2.37. The topological polar surface area (TPSA) is 104 Å². The van der Waals surface area contributed by atoms with Crippen molar-refractivity contribution in [2.24, 2.45) is 5.92 Å². The third kappa shape index (κ3) is 6.92. The Hall–Kier alpha value is -3.77. The average molecular weight is 509 g/mol. The Labute approximate surface area is 218 Å². The summed E-state index contributed by atoms with van der Waals surface area (Å²) in [5.41, 5.74) is 1.48. The van der Waals surface area contributed by atoms with Crippen molar-refractivity contribution in [2.45, 2.75) is 45.8 Å². The molecule has 0 radical (unpaired) electrons. The summed E-state index contributed by atoms with van der Waals surface area (Å²) >= 11 is 0. The van der Waals surface area contributed by atoms with E-state index >= 15 is 0 Å². The molecule has 2 N–H and O–H groups in total. The van der Waals surface area contributed by atoms with Gasteiger partial charge >= 0.3 is 6.03 Å². The monoisotopic (exact) mass is 508 g/mol. The highest BCUT2D eigenvalue weighted by Gasteiger charge is 2.34. The van der Waals surface area contributed by atoms with Gasteiger partial charge in [0.2, 0.25) is 5.88 Å². The second-order valence-electron chi connectivity index (χ2n) is 9.26. The summed E-state index contributed by atoms with van der Waals surface area (Å²) in [4.78, 5) is 34.0. The van der Waals surface area contributed by atoms with E-state index in [-0.39, 0.29) is 36.9 Å². The second kappa shape index (κ2) is 13.0. The molecule has 0 spiro atoms. The minimum atomic E-state index is -0.460. The Morgan fingerprint density at radius 2 is 2.16 bits per heavy atom. The number of hydrogen-bond donors (Lipinski definition) is 2. The van der Waals surface area contributed by atoms with Crippen molar-refractivity contribution in [2.75, 3.05) is 39.2 Å². The van der Waals surface area contributed by atoms with Crippen molar-refractivity contribution in [3.8, 4) is 23.5 Å². The SMILES string of the molecule is CCCC#Cc1cnc2c(c1)C(=O)N([C@@H](C)CO)C[C@H](C)[C@@H](CN(C)C(=O)Nc1ccccc1OC)O2. The molecule has 1 aromatic heterocycles. The van der Waals surface area contributed by atoms with E-state index in [1.807, 2.05) is 26.0 Å². The van der Waals surface area contributed by atoms with Gasteiger partial charge < -0.3 is 29.7 Å². The molecule has 9 nitrogen and oxygen atoms in total. The van der Waals surface area contributed by atoms with Gasteiger partial charge in [-0.3, -0.25) is 4.79 Å². The normalized spacial score (nSPS) is 17.8. The Kier molecular flexibility index (Phi) is 9.75. The molecule has 198 valence electrons. The fraction of sp³-hybridized carbons (Fsp3) is 0.464. The van der Waals surface area contributed by atoms with Gasteiger partial charge in [0, 0.05) is 37.7 Å². The van der Waals surface area contributed by atoms with Crippen LogP contribution in [0.1, 0.15) is 49.5 Å². The van der Waals surface area contributed by atoms with Gasteiger partial charge in [0.1, 0.15) is 17.4 Å². The van der Waals surface area contributed by atoms with Gasteiger partial charge in [-0.05, 0) is 31.5 Å². The van der Waals surface area contributed by atoms with E-state index in [2.05, 4.69) is 22.1 Å². The molecule has 0 fully saturated rings. The molecular formula is C28H36N4O5. The summed E-state index contributed by atoms with van der Waals surface area (Å²) < 4.78 is 11.6. The first-order chi connectivity index (χ1) is 17.8. The highest BCUT2D eigenvalue weighted by Crippen LogP contribution is 2.28. The molecule has 0 saturated carbocycles. The lowest BCUT2D eigenvalue weighted by molar-refractivity contribution is 0.0356. The number of amides is 3.